The van der Waals surface area contributed by atoms with Gasteiger partial charge in [-0.15, -0.1) is 0 Å². The quantitative estimate of drug-likeness (QED) is 0.816. The molecule has 1 aliphatic carbocycles. The molecule has 0 aromatic heterocycles. The molecule has 4 atom stereocenters. The van der Waals surface area contributed by atoms with Gasteiger partial charge < -0.3 is 25.4 Å². The summed E-state index contributed by atoms with van der Waals surface area (Å²) in [7, 11) is 1.69. The molecular formula is C15H29N3O3. The second-order valence-electron chi connectivity index (χ2n) is 7.20. The van der Waals surface area contributed by atoms with Gasteiger partial charge in [0.1, 0.15) is 5.60 Å². The third kappa shape index (κ3) is 4.56. The molecule has 21 heavy (non-hydrogen) atoms. The van der Waals surface area contributed by atoms with Gasteiger partial charge in [0.15, 0.2) is 0 Å². The van der Waals surface area contributed by atoms with Gasteiger partial charge in [-0.1, -0.05) is 0 Å². The van der Waals surface area contributed by atoms with E-state index in [0.717, 1.165) is 19.3 Å². The van der Waals surface area contributed by atoms with E-state index in [4.69, 9.17) is 15.2 Å². The lowest BCUT2D eigenvalue weighted by molar-refractivity contribution is 0.0252. The van der Waals surface area contributed by atoms with E-state index in [1.54, 1.807) is 12.0 Å². The van der Waals surface area contributed by atoms with Crippen LogP contribution < -0.4 is 11.1 Å². The van der Waals surface area contributed by atoms with Gasteiger partial charge in [0.25, 0.3) is 0 Å². The largest absolute Gasteiger partial charge is 0.444 e. The van der Waals surface area contributed by atoms with Gasteiger partial charge in [-0.2, -0.15) is 0 Å². The molecule has 6 nitrogen and oxygen atoms in total. The Morgan fingerprint density at radius 1 is 1.29 bits per heavy atom. The van der Waals surface area contributed by atoms with E-state index in [2.05, 4.69) is 5.32 Å². The molecule has 0 aromatic carbocycles. The normalized spacial score (nSPS) is 33.5. The maximum atomic E-state index is 12.2. The topological polar surface area (TPSA) is 76.8 Å². The highest BCUT2D eigenvalue weighted by molar-refractivity contribution is 5.68. The molecule has 0 aromatic rings. The van der Waals surface area contributed by atoms with Gasteiger partial charge in [-0.05, 0) is 40.0 Å². The summed E-state index contributed by atoms with van der Waals surface area (Å²) in [5.74, 6) is 0. The molecule has 122 valence electrons. The molecule has 0 bridgehead atoms. The van der Waals surface area contributed by atoms with Crippen LogP contribution in [0, 0.1) is 0 Å². The predicted molar refractivity (Wildman–Crippen MR) is 81.1 cm³/mol. The molecule has 2 fully saturated rings. The fourth-order valence-electron chi connectivity index (χ4n) is 3.12. The Morgan fingerprint density at radius 2 is 2.00 bits per heavy atom. The summed E-state index contributed by atoms with van der Waals surface area (Å²) >= 11 is 0. The van der Waals surface area contributed by atoms with Crippen molar-refractivity contribution >= 4 is 6.09 Å². The Balaban J connectivity index is 1.89. The maximum Gasteiger partial charge on any atom is 0.410 e. The van der Waals surface area contributed by atoms with E-state index in [9.17, 15) is 4.79 Å². The second-order valence-corrected chi connectivity index (χ2v) is 7.20. The number of nitrogens with one attached hydrogen (secondary N) is 1. The molecule has 2 rings (SSSR count). The Morgan fingerprint density at radius 3 is 2.52 bits per heavy atom. The molecule has 6 heteroatoms. The Labute approximate surface area is 127 Å². The number of nitrogens with zero attached hydrogens (tertiary/aromatic N) is 1. The molecule has 1 amide bonds. The van der Waals surface area contributed by atoms with Gasteiger partial charge in [-0.3, -0.25) is 0 Å². The standard InChI is InChI=1S/C15H29N3O3/c1-15(2,3)21-14(19)18-8-12(13(9-18)20-4)17-11-6-5-10(16)7-11/h10-13,17H,5-9,16H2,1-4H3/t10?,11?,12?,13-/m0/s1. The number of rotatable bonds is 3. The highest BCUT2D eigenvalue weighted by Gasteiger charge is 2.38. The highest BCUT2D eigenvalue weighted by atomic mass is 16.6. The molecule has 1 aliphatic heterocycles. The highest BCUT2D eigenvalue weighted by Crippen LogP contribution is 2.22. The van der Waals surface area contributed by atoms with Crippen LogP contribution in [0.5, 0.6) is 0 Å². The lowest BCUT2D eigenvalue weighted by Crippen LogP contribution is -2.45. The fourth-order valence-corrected chi connectivity index (χ4v) is 3.12. The molecule has 2 aliphatic rings. The van der Waals surface area contributed by atoms with Gasteiger partial charge in [0, 0.05) is 25.7 Å². The Bertz CT molecular complexity index is 370. The Hall–Kier alpha value is -0.850. The maximum absolute atomic E-state index is 12.2. The average Bonchev–Trinajstić information content (AvgIpc) is 2.94. The predicted octanol–water partition coefficient (Wildman–Crippen LogP) is 1.09. The van der Waals surface area contributed by atoms with Crippen LogP contribution in [0.15, 0.2) is 0 Å². The first-order chi connectivity index (χ1) is 9.78. The SMILES string of the molecule is CO[C@H]1CN(C(=O)OC(C)(C)C)CC1NC1CCC(N)C1. The number of hydrogen-bond donors (Lipinski definition) is 2. The van der Waals surface area contributed by atoms with Crippen LogP contribution >= 0.6 is 0 Å². The van der Waals surface area contributed by atoms with E-state index < -0.39 is 5.60 Å². The Kier molecular flexibility index (Phi) is 5.11. The van der Waals surface area contributed by atoms with Crippen LogP contribution in [0.3, 0.4) is 0 Å². The fraction of sp³-hybridized carbons (Fsp3) is 0.933. The number of amides is 1. The molecule has 3 unspecified atom stereocenters. The van der Waals surface area contributed by atoms with Gasteiger partial charge in [-0.25, -0.2) is 4.79 Å². The summed E-state index contributed by atoms with van der Waals surface area (Å²) in [5, 5.41) is 3.60. The van der Waals surface area contributed by atoms with Crippen molar-refractivity contribution in [1.82, 2.24) is 10.2 Å². The third-order valence-corrected chi connectivity index (χ3v) is 4.14. The molecule has 1 saturated carbocycles. The van der Waals surface area contributed by atoms with E-state index in [0.29, 0.717) is 25.2 Å². The monoisotopic (exact) mass is 299 g/mol. The van der Waals surface area contributed by atoms with Crippen molar-refractivity contribution in [3.8, 4) is 0 Å². The first-order valence-corrected chi connectivity index (χ1v) is 7.81. The van der Waals surface area contributed by atoms with Crippen LogP contribution in [0.25, 0.3) is 0 Å². The van der Waals surface area contributed by atoms with E-state index >= 15 is 0 Å². The van der Waals surface area contributed by atoms with Crippen LogP contribution in [0.2, 0.25) is 0 Å². The summed E-state index contributed by atoms with van der Waals surface area (Å²) in [6.07, 6.45) is 2.91. The first kappa shape index (κ1) is 16.5. The van der Waals surface area contributed by atoms with E-state index in [1.165, 1.54) is 0 Å². The second kappa shape index (κ2) is 6.50. The summed E-state index contributed by atoms with van der Waals surface area (Å²) < 4.78 is 11.0. The molecule has 1 saturated heterocycles. The number of methoxy groups -OCH3 is 1. The minimum absolute atomic E-state index is 0.00865. The van der Waals surface area contributed by atoms with Gasteiger partial charge >= 0.3 is 6.09 Å². The zero-order valence-electron chi connectivity index (χ0n) is 13.6. The van der Waals surface area contributed by atoms with Crippen molar-refractivity contribution in [2.75, 3.05) is 20.2 Å². The van der Waals surface area contributed by atoms with Crippen LogP contribution in [0.1, 0.15) is 40.0 Å². The summed E-state index contributed by atoms with van der Waals surface area (Å²) in [4.78, 5) is 13.9. The zero-order valence-corrected chi connectivity index (χ0v) is 13.6. The molecule has 0 spiro atoms. The van der Waals surface area contributed by atoms with E-state index in [1.807, 2.05) is 20.8 Å². The number of carbonyl (C=O) groups excluding carboxylic acids is 1. The smallest absolute Gasteiger partial charge is 0.410 e. The number of ether oxygens (including phenoxy) is 2. The first-order valence-electron chi connectivity index (χ1n) is 7.81. The van der Waals surface area contributed by atoms with Gasteiger partial charge in [0.2, 0.25) is 0 Å². The summed E-state index contributed by atoms with van der Waals surface area (Å²) in [6.45, 7) is 6.83. The summed E-state index contributed by atoms with van der Waals surface area (Å²) in [6, 6.07) is 0.880. The van der Waals surface area contributed by atoms with Crippen molar-refractivity contribution in [2.24, 2.45) is 5.73 Å². The lowest BCUT2D eigenvalue weighted by atomic mass is 10.1. The number of hydrogen-bond acceptors (Lipinski definition) is 5. The zero-order chi connectivity index (χ0) is 15.6. The van der Waals surface area contributed by atoms with E-state index in [-0.39, 0.29) is 18.2 Å². The number of likely N-dealkylation sites (tertiary alicyclic amines) is 1. The van der Waals surface area contributed by atoms with Crippen LogP contribution in [-0.4, -0.2) is 61.0 Å². The van der Waals surface area contributed by atoms with Crippen molar-refractivity contribution in [3.63, 3.8) is 0 Å². The summed E-state index contributed by atoms with van der Waals surface area (Å²) in [5.41, 5.74) is 5.49. The van der Waals surface area contributed by atoms with Crippen molar-refractivity contribution < 1.29 is 14.3 Å². The molecule has 0 radical (unpaired) electrons. The minimum atomic E-state index is -0.469. The van der Waals surface area contributed by atoms with Gasteiger partial charge in [0.05, 0.1) is 18.7 Å². The third-order valence-electron chi connectivity index (χ3n) is 4.14. The average molecular weight is 299 g/mol. The molecular weight excluding hydrogens is 270 g/mol. The van der Waals surface area contributed by atoms with Crippen LogP contribution in [0.4, 0.5) is 4.79 Å². The molecule has 3 N–H and O–H groups in total. The molecule has 1 heterocycles. The number of nitrogens with two attached hydrogens (primary N) is 1. The van der Waals surface area contributed by atoms with Crippen LogP contribution in [-0.2, 0) is 9.47 Å². The minimum Gasteiger partial charge on any atom is -0.444 e. The van der Waals surface area contributed by atoms with Crippen molar-refractivity contribution in [3.05, 3.63) is 0 Å². The van der Waals surface area contributed by atoms with Crippen molar-refractivity contribution in [2.45, 2.75) is 69.9 Å². The lowest BCUT2D eigenvalue weighted by Gasteiger charge is -2.24. The van der Waals surface area contributed by atoms with Crippen molar-refractivity contribution in [1.29, 1.82) is 0 Å². The number of carbonyl (C=O) groups is 1.